The first kappa shape index (κ1) is 30.9. The van der Waals surface area contributed by atoms with Crippen LogP contribution in [0.15, 0.2) is 90.5 Å². The molecule has 1 aliphatic heterocycles. The smallest absolute Gasteiger partial charge is 0.335 e. The molecule has 0 unspecified atom stereocenters. The van der Waals surface area contributed by atoms with Crippen LogP contribution in [-0.4, -0.2) is 24.5 Å². The van der Waals surface area contributed by atoms with Gasteiger partial charge in [0.15, 0.2) is 11.5 Å². The molecule has 1 saturated heterocycles. The lowest BCUT2D eigenvalue weighted by molar-refractivity contribution is -0.122. The maximum absolute atomic E-state index is 13.4. The molecule has 1 N–H and O–H groups in total. The molecule has 11 heteroatoms. The van der Waals surface area contributed by atoms with Crippen molar-refractivity contribution in [3.63, 3.8) is 0 Å². The van der Waals surface area contributed by atoms with E-state index in [2.05, 4.69) is 5.32 Å². The third-order valence-corrected chi connectivity index (χ3v) is 7.33. The first-order valence-electron chi connectivity index (χ1n) is 13.4. The minimum Gasteiger partial charge on any atom is -0.490 e. The molecule has 4 aromatic rings. The zero-order valence-electron chi connectivity index (χ0n) is 23.3. The van der Waals surface area contributed by atoms with Crippen LogP contribution in [0.5, 0.6) is 17.2 Å². The van der Waals surface area contributed by atoms with Gasteiger partial charge in [-0.2, -0.15) is 0 Å². The van der Waals surface area contributed by atoms with Crippen molar-refractivity contribution < 1.29 is 28.6 Å². The van der Waals surface area contributed by atoms with Gasteiger partial charge < -0.3 is 14.2 Å². The second-order valence-corrected chi connectivity index (χ2v) is 10.8. The van der Waals surface area contributed by atoms with Crippen molar-refractivity contribution in [1.82, 2.24) is 5.32 Å². The lowest BCUT2D eigenvalue weighted by atomic mass is 10.1. The number of urea groups is 1. The van der Waals surface area contributed by atoms with Crippen LogP contribution in [0.1, 0.15) is 23.6 Å². The minimum absolute atomic E-state index is 0.166. The van der Waals surface area contributed by atoms with Gasteiger partial charge in [-0.1, -0.05) is 59.1 Å². The molecule has 4 amide bonds. The Morgan fingerprint density at radius 2 is 1.48 bits per heavy atom. The van der Waals surface area contributed by atoms with Gasteiger partial charge in [0, 0.05) is 20.6 Å². The third-order valence-electron chi connectivity index (χ3n) is 6.49. The summed E-state index contributed by atoms with van der Waals surface area (Å²) in [6, 6.07) is 22.9. The number of ether oxygens (including phenoxy) is 3. The Labute approximate surface area is 268 Å². The summed E-state index contributed by atoms with van der Waals surface area (Å²) >= 11 is 18.2. The van der Waals surface area contributed by atoms with Crippen LogP contribution in [-0.2, 0) is 22.8 Å². The first-order valence-corrected chi connectivity index (χ1v) is 14.6. The predicted molar refractivity (Wildman–Crippen MR) is 170 cm³/mol. The molecule has 0 spiro atoms. The van der Waals surface area contributed by atoms with Crippen molar-refractivity contribution in [2.24, 2.45) is 0 Å². The van der Waals surface area contributed by atoms with Gasteiger partial charge in [0.2, 0.25) is 0 Å². The van der Waals surface area contributed by atoms with Gasteiger partial charge in [0.05, 0.1) is 12.3 Å². The van der Waals surface area contributed by atoms with E-state index < -0.39 is 17.8 Å². The number of carbonyl (C=O) groups excluding carboxylic acids is 3. The summed E-state index contributed by atoms with van der Waals surface area (Å²) in [7, 11) is 0. The van der Waals surface area contributed by atoms with E-state index >= 15 is 0 Å². The third kappa shape index (κ3) is 7.34. The maximum atomic E-state index is 13.4. The molecule has 8 nitrogen and oxygen atoms in total. The summed E-state index contributed by atoms with van der Waals surface area (Å²) in [5.41, 5.74) is 2.20. The summed E-state index contributed by atoms with van der Waals surface area (Å²) in [4.78, 5) is 39.8. The molecule has 0 aliphatic carbocycles. The van der Waals surface area contributed by atoms with Crippen LogP contribution < -0.4 is 24.4 Å². The lowest BCUT2D eigenvalue weighted by Crippen LogP contribution is -2.54. The van der Waals surface area contributed by atoms with Crippen molar-refractivity contribution >= 4 is 64.4 Å². The molecule has 0 atom stereocenters. The predicted octanol–water partition coefficient (Wildman–Crippen LogP) is 7.87. The number of carbonyl (C=O) groups is 3. The average molecular weight is 652 g/mol. The van der Waals surface area contributed by atoms with Gasteiger partial charge in [0.1, 0.15) is 24.5 Å². The Balaban J connectivity index is 1.32. The fraction of sp³-hybridized carbons (Fsp3) is 0.121. The highest BCUT2D eigenvalue weighted by Crippen LogP contribution is 2.32. The molecular weight excluding hydrogens is 627 g/mol. The molecule has 0 bridgehead atoms. The second kappa shape index (κ2) is 13.9. The molecule has 1 fully saturated rings. The van der Waals surface area contributed by atoms with E-state index in [4.69, 9.17) is 49.0 Å². The number of benzene rings is 4. The fourth-order valence-electron chi connectivity index (χ4n) is 4.29. The lowest BCUT2D eigenvalue weighted by Gasteiger charge is -2.26. The van der Waals surface area contributed by atoms with E-state index in [1.807, 2.05) is 19.1 Å². The Morgan fingerprint density at radius 3 is 2.18 bits per heavy atom. The number of rotatable bonds is 10. The normalized spacial score (nSPS) is 14.0. The summed E-state index contributed by atoms with van der Waals surface area (Å²) in [5.74, 6) is -0.212. The summed E-state index contributed by atoms with van der Waals surface area (Å²) in [6.45, 7) is 2.64. The number of amides is 4. The molecule has 0 saturated carbocycles. The van der Waals surface area contributed by atoms with Crippen molar-refractivity contribution in [2.75, 3.05) is 11.5 Å². The number of halogens is 3. The van der Waals surface area contributed by atoms with Crippen LogP contribution in [0.4, 0.5) is 10.5 Å². The monoisotopic (exact) mass is 650 g/mol. The molecule has 5 rings (SSSR count). The van der Waals surface area contributed by atoms with Crippen molar-refractivity contribution in [3.8, 4) is 17.2 Å². The van der Waals surface area contributed by atoms with Crippen LogP contribution in [0.2, 0.25) is 15.1 Å². The van der Waals surface area contributed by atoms with Gasteiger partial charge in [-0.15, -0.1) is 0 Å². The fourth-order valence-corrected chi connectivity index (χ4v) is 4.88. The van der Waals surface area contributed by atoms with Crippen LogP contribution >= 0.6 is 34.8 Å². The van der Waals surface area contributed by atoms with Gasteiger partial charge >= 0.3 is 6.03 Å². The van der Waals surface area contributed by atoms with E-state index in [1.54, 1.807) is 72.8 Å². The Hall–Kier alpha value is -4.50. The van der Waals surface area contributed by atoms with E-state index in [1.165, 1.54) is 6.08 Å². The van der Waals surface area contributed by atoms with E-state index in [9.17, 15) is 14.4 Å². The highest BCUT2D eigenvalue weighted by Gasteiger charge is 2.36. The Morgan fingerprint density at radius 1 is 0.750 bits per heavy atom. The number of hydrogen-bond acceptors (Lipinski definition) is 6. The van der Waals surface area contributed by atoms with Crippen LogP contribution in [0, 0.1) is 0 Å². The highest BCUT2D eigenvalue weighted by molar-refractivity contribution is 6.39. The molecular formula is C33H25Cl3N2O6. The minimum atomic E-state index is -0.855. The molecule has 0 aromatic heterocycles. The Bertz CT molecular complexity index is 1740. The number of nitrogens with zero attached hydrogens (tertiary/aromatic N) is 1. The molecule has 1 heterocycles. The standard InChI is InChI=1S/C33H25Cl3N2O6/c1-2-42-30-16-21(5-14-29(30)44-19-22-6-9-24(35)17-28(22)36)15-27-31(39)37-33(41)38(32(27)40)25-10-12-26(13-11-25)43-18-20-3-7-23(34)8-4-20/h3-17H,2,18-19H2,1H3,(H,37,39,41)/b27-15+. The number of nitrogens with one attached hydrogen (secondary N) is 1. The van der Waals surface area contributed by atoms with E-state index in [0.29, 0.717) is 51.1 Å². The number of hydrogen-bond donors (Lipinski definition) is 1. The summed E-state index contributed by atoms with van der Waals surface area (Å²) < 4.78 is 17.5. The van der Waals surface area contributed by atoms with Crippen molar-refractivity contribution in [3.05, 3.63) is 122 Å². The molecule has 4 aromatic carbocycles. The van der Waals surface area contributed by atoms with Crippen LogP contribution in [0.25, 0.3) is 6.08 Å². The molecule has 224 valence electrons. The highest BCUT2D eigenvalue weighted by atomic mass is 35.5. The number of imide groups is 2. The average Bonchev–Trinajstić information content (AvgIpc) is 3.00. The molecule has 44 heavy (non-hydrogen) atoms. The Kier molecular flexibility index (Phi) is 9.75. The zero-order valence-corrected chi connectivity index (χ0v) is 25.6. The largest absolute Gasteiger partial charge is 0.490 e. The van der Waals surface area contributed by atoms with Crippen molar-refractivity contribution in [2.45, 2.75) is 20.1 Å². The first-order chi connectivity index (χ1) is 21.2. The van der Waals surface area contributed by atoms with Gasteiger partial charge in [-0.05, 0) is 84.8 Å². The topological polar surface area (TPSA) is 94.2 Å². The van der Waals surface area contributed by atoms with Gasteiger partial charge in [0.25, 0.3) is 11.8 Å². The number of barbiturate groups is 1. The quantitative estimate of drug-likeness (QED) is 0.139. The van der Waals surface area contributed by atoms with Gasteiger partial charge in [-0.25, -0.2) is 9.69 Å². The summed E-state index contributed by atoms with van der Waals surface area (Å²) in [5, 5.41) is 3.85. The number of anilines is 1. The summed E-state index contributed by atoms with van der Waals surface area (Å²) in [6.07, 6.45) is 1.39. The molecule has 0 radical (unpaired) electrons. The zero-order chi connectivity index (χ0) is 31.2. The second-order valence-electron chi connectivity index (χ2n) is 9.53. The van der Waals surface area contributed by atoms with Crippen LogP contribution in [0.3, 0.4) is 0 Å². The van der Waals surface area contributed by atoms with E-state index in [0.717, 1.165) is 16.0 Å². The molecule has 1 aliphatic rings. The maximum Gasteiger partial charge on any atom is 0.335 e. The van der Waals surface area contributed by atoms with Gasteiger partial charge in [-0.3, -0.25) is 14.9 Å². The SMILES string of the molecule is CCOc1cc(/C=C2\C(=O)NC(=O)N(c3ccc(OCc4ccc(Cl)cc4)cc3)C2=O)ccc1OCc1ccc(Cl)cc1Cl. The van der Waals surface area contributed by atoms with Crippen molar-refractivity contribution in [1.29, 1.82) is 0 Å². The van der Waals surface area contributed by atoms with E-state index in [-0.39, 0.29) is 17.9 Å².